The predicted molar refractivity (Wildman–Crippen MR) is 172 cm³/mol. The van der Waals surface area contributed by atoms with Gasteiger partial charge in [0.1, 0.15) is 17.5 Å². The maximum atomic E-state index is 13.9. The number of ether oxygens (including phenoxy) is 2. The zero-order valence-corrected chi connectivity index (χ0v) is 26.4. The van der Waals surface area contributed by atoms with Gasteiger partial charge in [-0.25, -0.2) is 4.79 Å². The minimum Gasteiger partial charge on any atom is -0.497 e. The molecule has 0 aromatic heterocycles. The number of urea groups is 1. The molecule has 4 rings (SSSR count). The molecule has 4 amide bonds. The van der Waals surface area contributed by atoms with E-state index in [4.69, 9.17) is 9.47 Å². The summed E-state index contributed by atoms with van der Waals surface area (Å²) in [4.78, 5) is 42.1. The number of nitrogens with zero attached hydrogens (tertiary/aromatic N) is 1. The number of rotatable bonds is 11. The first kappa shape index (κ1) is 32.7. The summed E-state index contributed by atoms with van der Waals surface area (Å²) in [6.45, 7) is 6.11. The zero-order chi connectivity index (χ0) is 31.9. The van der Waals surface area contributed by atoms with E-state index in [0.29, 0.717) is 23.7 Å². The molecule has 3 atom stereocenters. The van der Waals surface area contributed by atoms with Crippen molar-refractivity contribution in [1.29, 1.82) is 0 Å². The lowest BCUT2D eigenvalue weighted by Crippen LogP contribution is -2.59. The normalized spacial score (nSPS) is 16.9. The van der Waals surface area contributed by atoms with Crippen LogP contribution < -0.4 is 25.4 Å². The van der Waals surface area contributed by atoms with Crippen LogP contribution in [0.1, 0.15) is 30.5 Å². The molecule has 1 aliphatic heterocycles. The van der Waals surface area contributed by atoms with Crippen molar-refractivity contribution in [2.45, 2.75) is 56.7 Å². The van der Waals surface area contributed by atoms with Crippen molar-refractivity contribution < 1.29 is 29.0 Å². The highest BCUT2D eigenvalue weighted by atomic mass is 32.2. The summed E-state index contributed by atoms with van der Waals surface area (Å²) in [6, 6.07) is 19.5. The van der Waals surface area contributed by atoms with E-state index in [2.05, 4.69) is 16.0 Å². The van der Waals surface area contributed by atoms with Crippen LogP contribution in [0, 0.1) is 6.92 Å². The largest absolute Gasteiger partial charge is 0.497 e. The second-order valence-electron chi connectivity index (χ2n) is 11.1. The van der Waals surface area contributed by atoms with Crippen molar-refractivity contribution in [3.63, 3.8) is 0 Å². The Balaban J connectivity index is 1.53. The summed E-state index contributed by atoms with van der Waals surface area (Å²) in [5.41, 5.74) is 3.20. The monoisotopic (exact) mass is 620 g/mol. The van der Waals surface area contributed by atoms with E-state index in [9.17, 15) is 19.5 Å². The molecule has 1 heterocycles. The van der Waals surface area contributed by atoms with E-state index in [-0.39, 0.29) is 18.2 Å². The Labute approximate surface area is 262 Å². The van der Waals surface area contributed by atoms with Crippen molar-refractivity contribution in [2.24, 2.45) is 0 Å². The number of amides is 4. The SMILES string of the molecule is COc1ccc(OC)c(NC(=O)NC(Cc2ccccc2)C(O)C(=O)N2CSC(C)(C)C2C(=O)NCc2ccccc2C)c1. The van der Waals surface area contributed by atoms with Crippen molar-refractivity contribution in [3.8, 4) is 11.5 Å². The lowest BCUT2D eigenvalue weighted by molar-refractivity contribution is -0.147. The molecule has 1 fully saturated rings. The number of aliphatic hydroxyl groups is 1. The van der Waals surface area contributed by atoms with E-state index in [1.807, 2.05) is 75.4 Å². The van der Waals surface area contributed by atoms with Gasteiger partial charge in [-0.15, -0.1) is 11.8 Å². The molecule has 0 spiro atoms. The predicted octanol–water partition coefficient (Wildman–Crippen LogP) is 4.10. The van der Waals surface area contributed by atoms with Crippen LogP contribution in [0.3, 0.4) is 0 Å². The van der Waals surface area contributed by atoms with E-state index in [1.165, 1.54) is 30.9 Å². The standard InChI is InChI=1S/C33H40N4O6S/c1-21-11-9-10-14-23(21)19-34-30(39)29-33(2,3)44-20-37(29)31(40)28(38)26(17-22-12-7-6-8-13-22)36-32(41)35-25-18-24(42-4)15-16-27(25)43-5/h6-16,18,26,28-29,38H,17,19-20H2,1-5H3,(H,34,39)(H2,35,36,41). The Kier molecular flexibility index (Phi) is 10.8. The van der Waals surface area contributed by atoms with Crippen molar-refractivity contribution in [3.05, 3.63) is 89.5 Å². The molecule has 0 aliphatic carbocycles. The van der Waals surface area contributed by atoms with Crippen molar-refractivity contribution >= 4 is 35.3 Å². The number of benzene rings is 3. The smallest absolute Gasteiger partial charge is 0.319 e. The topological polar surface area (TPSA) is 129 Å². The van der Waals surface area contributed by atoms with Crippen LogP contribution in [-0.2, 0) is 22.6 Å². The highest BCUT2D eigenvalue weighted by Crippen LogP contribution is 2.40. The van der Waals surface area contributed by atoms with Gasteiger partial charge in [-0.3, -0.25) is 9.59 Å². The lowest BCUT2D eigenvalue weighted by Gasteiger charge is -2.33. The number of nitrogens with one attached hydrogen (secondary N) is 3. The highest BCUT2D eigenvalue weighted by molar-refractivity contribution is 8.00. The van der Waals surface area contributed by atoms with Crippen LogP contribution in [0.4, 0.5) is 10.5 Å². The van der Waals surface area contributed by atoms with Crippen LogP contribution in [0.15, 0.2) is 72.8 Å². The minimum absolute atomic E-state index is 0.172. The van der Waals surface area contributed by atoms with Crippen LogP contribution in [-0.4, -0.2) is 70.9 Å². The van der Waals surface area contributed by atoms with E-state index in [0.717, 1.165) is 16.7 Å². The maximum absolute atomic E-state index is 13.9. The number of hydrogen-bond acceptors (Lipinski definition) is 7. The zero-order valence-electron chi connectivity index (χ0n) is 25.6. The third-order valence-electron chi connectivity index (χ3n) is 7.70. The molecule has 11 heteroatoms. The van der Waals surface area contributed by atoms with E-state index in [1.54, 1.807) is 18.2 Å². The molecular weight excluding hydrogens is 580 g/mol. The average Bonchev–Trinajstić information content (AvgIpc) is 3.34. The van der Waals surface area contributed by atoms with E-state index >= 15 is 0 Å². The van der Waals surface area contributed by atoms with Crippen LogP contribution in [0.5, 0.6) is 11.5 Å². The van der Waals surface area contributed by atoms with Crippen LogP contribution >= 0.6 is 11.8 Å². The van der Waals surface area contributed by atoms with Gasteiger partial charge in [0.25, 0.3) is 5.91 Å². The second-order valence-corrected chi connectivity index (χ2v) is 12.7. The van der Waals surface area contributed by atoms with Gasteiger partial charge in [0.05, 0.1) is 31.8 Å². The summed E-state index contributed by atoms with van der Waals surface area (Å²) in [5.74, 6) is 0.195. The number of aryl methyl sites for hydroxylation is 1. The molecule has 3 aromatic carbocycles. The molecule has 3 aromatic rings. The summed E-state index contributed by atoms with van der Waals surface area (Å²) >= 11 is 1.46. The van der Waals surface area contributed by atoms with Gasteiger partial charge in [0, 0.05) is 17.4 Å². The summed E-state index contributed by atoms with van der Waals surface area (Å²) in [5, 5.41) is 20.0. The molecule has 10 nitrogen and oxygen atoms in total. The van der Waals surface area contributed by atoms with Gasteiger partial charge in [0.2, 0.25) is 5.91 Å². The molecule has 1 aliphatic rings. The van der Waals surface area contributed by atoms with Gasteiger partial charge in [-0.1, -0.05) is 54.6 Å². The maximum Gasteiger partial charge on any atom is 0.319 e. The third-order valence-corrected chi connectivity index (χ3v) is 9.07. The first-order valence-electron chi connectivity index (χ1n) is 14.3. The molecule has 1 saturated heterocycles. The molecule has 0 radical (unpaired) electrons. The van der Waals surface area contributed by atoms with Crippen molar-refractivity contribution in [1.82, 2.24) is 15.5 Å². The van der Waals surface area contributed by atoms with Crippen molar-refractivity contribution in [2.75, 3.05) is 25.4 Å². The molecular formula is C33H40N4O6S. The molecule has 44 heavy (non-hydrogen) atoms. The third kappa shape index (κ3) is 7.83. The summed E-state index contributed by atoms with van der Waals surface area (Å²) < 4.78 is 10.0. The average molecular weight is 621 g/mol. The summed E-state index contributed by atoms with van der Waals surface area (Å²) in [6.07, 6.45) is -1.46. The Hall–Kier alpha value is -4.22. The number of aliphatic hydroxyl groups excluding tert-OH is 1. The molecule has 4 N–H and O–H groups in total. The summed E-state index contributed by atoms with van der Waals surface area (Å²) in [7, 11) is 2.99. The number of carbonyl (C=O) groups is 3. The van der Waals surface area contributed by atoms with Gasteiger partial charge in [0.15, 0.2) is 6.10 Å². The number of thioether (sulfide) groups is 1. The first-order chi connectivity index (χ1) is 21.0. The molecule has 0 saturated carbocycles. The highest BCUT2D eigenvalue weighted by Gasteiger charge is 2.49. The molecule has 3 unspecified atom stereocenters. The molecule has 234 valence electrons. The fraction of sp³-hybridized carbons (Fsp3) is 0.364. The van der Waals surface area contributed by atoms with Crippen LogP contribution in [0.25, 0.3) is 0 Å². The van der Waals surface area contributed by atoms with Crippen LogP contribution in [0.2, 0.25) is 0 Å². The quantitative estimate of drug-likeness (QED) is 0.254. The number of carbonyl (C=O) groups excluding carboxylic acids is 3. The second kappa shape index (κ2) is 14.5. The first-order valence-corrected chi connectivity index (χ1v) is 15.3. The molecule has 0 bridgehead atoms. The fourth-order valence-corrected chi connectivity index (χ4v) is 6.33. The number of methoxy groups -OCH3 is 2. The number of anilines is 1. The fourth-order valence-electron chi connectivity index (χ4n) is 5.19. The van der Waals surface area contributed by atoms with E-state index < -0.39 is 34.9 Å². The van der Waals surface area contributed by atoms with Gasteiger partial charge in [-0.05, 0) is 56.0 Å². The van der Waals surface area contributed by atoms with Gasteiger partial charge < -0.3 is 35.4 Å². The Morgan fingerprint density at radius 1 is 1.02 bits per heavy atom. The van der Waals surface area contributed by atoms with Gasteiger partial charge in [-0.2, -0.15) is 0 Å². The Bertz CT molecular complexity index is 1470. The minimum atomic E-state index is -1.63. The lowest BCUT2D eigenvalue weighted by atomic mass is 9.97. The number of hydrogen-bond donors (Lipinski definition) is 4. The Morgan fingerprint density at radius 2 is 1.73 bits per heavy atom. The van der Waals surface area contributed by atoms with Gasteiger partial charge >= 0.3 is 6.03 Å². The Morgan fingerprint density at radius 3 is 2.41 bits per heavy atom.